The Labute approximate surface area is 110 Å². The summed E-state index contributed by atoms with van der Waals surface area (Å²) >= 11 is 0. The highest BCUT2D eigenvalue weighted by molar-refractivity contribution is 5.95. The molecule has 0 saturated heterocycles. The van der Waals surface area contributed by atoms with Crippen molar-refractivity contribution in [1.29, 1.82) is 0 Å². The quantitative estimate of drug-likeness (QED) is 0.836. The molecule has 0 spiro atoms. The van der Waals surface area contributed by atoms with Gasteiger partial charge in [-0.1, -0.05) is 23.3 Å². The average Bonchev–Trinajstić information content (AvgIpc) is 2.68. The predicted molar refractivity (Wildman–Crippen MR) is 70.9 cm³/mol. The molecule has 1 N–H and O–H groups in total. The SMILES string of the molecule is COC(=O)N=Nc1c(O)n(C(C)C)c2ccccc12. The number of nitrogens with zero attached hydrogens (tertiary/aromatic N) is 3. The normalized spacial score (nSPS) is 11.6. The molecule has 0 aliphatic rings. The largest absolute Gasteiger partial charge is 0.493 e. The molecule has 2 aromatic rings. The molecule has 0 aliphatic carbocycles. The summed E-state index contributed by atoms with van der Waals surface area (Å²) in [7, 11) is 1.22. The number of azo groups is 1. The maximum Gasteiger partial charge on any atom is 0.452 e. The second-order valence-corrected chi connectivity index (χ2v) is 4.32. The van der Waals surface area contributed by atoms with Crippen molar-refractivity contribution in [3.63, 3.8) is 0 Å². The van der Waals surface area contributed by atoms with Crippen molar-refractivity contribution < 1.29 is 14.6 Å². The molecule has 6 nitrogen and oxygen atoms in total. The van der Waals surface area contributed by atoms with Crippen LogP contribution in [-0.4, -0.2) is 22.9 Å². The van der Waals surface area contributed by atoms with Crippen molar-refractivity contribution in [2.24, 2.45) is 10.2 Å². The van der Waals surface area contributed by atoms with Gasteiger partial charge in [-0.25, -0.2) is 4.79 Å². The zero-order valence-corrected chi connectivity index (χ0v) is 11.0. The van der Waals surface area contributed by atoms with Crippen LogP contribution in [0.25, 0.3) is 10.9 Å². The van der Waals surface area contributed by atoms with Gasteiger partial charge in [-0.05, 0) is 19.9 Å². The first-order valence-electron chi connectivity index (χ1n) is 5.87. The third-order valence-electron chi connectivity index (χ3n) is 2.78. The molecule has 0 unspecified atom stereocenters. The minimum absolute atomic E-state index is 0.0103. The Hall–Kier alpha value is -2.37. The van der Waals surface area contributed by atoms with Crippen LogP contribution in [-0.2, 0) is 4.74 Å². The summed E-state index contributed by atoms with van der Waals surface area (Å²) in [6.07, 6.45) is -0.805. The van der Waals surface area contributed by atoms with Gasteiger partial charge < -0.3 is 14.4 Å². The lowest BCUT2D eigenvalue weighted by atomic mass is 10.2. The average molecular weight is 261 g/mol. The Morgan fingerprint density at radius 2 is 2.05 bits per heavy atom. The third kappa shape index (κ3) is 2.29. The number of hydrogen-bond acceptors (Lipinski definition) is 4. The fraction of sp³-hybridized carbons (Fsp3) is 0.308. The van der Waals surface area contributed by atoms with E-state index in [0.29, 0.717) is 0 Å². The van der Waals surface area contributed by atoms with Crippen molar-refractivity contribution in [3.05, 3.63) is 24.3 Å². The zero-order chi connectivity index (χ0) is 14.0. The van der Waals surface area contributed by atoms with Crippen LogP contribution >= 0.6 is 0 Å². The molecule has 0 fully saturated rings. The minimum atomic E-state index is -0.805. The summed E-state index contributed by atoms with van der Waals surface area (Å²) in [6, 6.07) is 7.48. The maximum absolute atomic E-state index is 11.0. The first-order chi connectivity index (χ1) is 9.06. The number of carbonyl (C=O) groups excluding carboxylic acids is 1. The number of methoxy groups -OCH3 is 1. The third-order valence-corrected chi connectivity index (χ3v) is 2.78. The van der Waals surface area contributed by atoms with E-state index >= 15 is 0 Å². The molecular weight excluding hydrogens is 246 g/mol. The molecule has 6 heteroatoms. The number of aromatic hydroxyl groups is 1. The molecule has 19 heavy (non-hydrogen) atoms. The molecule has 1 aromatic carbocycles. The lowest BCUT2D eigenvalue weighted by Crippen LogP contribution is -1.98. The highest BCUT2D eigenvalue weighted by Gasteiger charge is 2.18. The Morgan fingerprint density at radius 1 is 1.37 bits per heavy atom. The van der Waals surface area contributed by atoms with Crippen molar-refractivity contribution in [2.75, 3.05) is 7.11 Å². The summed E-state index contributed by atoms with van der Waals surface area (Å²) in [5.41, 5.74) is 1.11. The van der Waals surface area contributed by atoms with Crippen LogP contribution in [0.15, 0.2) is 34.5 Å². The lowest BCUT2D eigenvalue weighted by Gasteiger charge is -2.10. The van der Waals surface area contributed by atoms with E-state index in [2.05, 4.69) is 15.0 Å². The highest BCUT2D eigenvalue weighted by atomic mass is 16.5. The van der Waals surface area contributed by atoms with E-state index in [-0.39, 0.29) is 17.6 Å². The molecule has 2 rings (SSSR count). The smallest absolute Gasteiger partial charge is 0.452 e. The summed E-state index contributed by atoms with van der Waals surface area (Å²) in [5.74, 6) is -0.0103. The molecule has 0 radical (unpaired) electrons. The maximum atomic E-state index is 11.0. The van der Waals surface area contributed by atoms with Crippen LogP contribution in [0.1, 0.15) is 19.9 Å². The van der Waals surface area contributed by atoms with Gasteiger partial charge in [0.1, 0.15) is 0 Å². The number of amides is 1. The zero-order valence-electron chi connectivity index (χ0n) is 11.0. The highest BCUT2D eigenvalue weighted by Crippen LogP contribution is 2.40. The summed E-state index contributed by atoms with van der Waals surface area (Å²) in [5, 5.41) is 18.1. The molecule has 0 aliphatic heterocycles. The van der Waals surface area contributed by atoms with Gasteiger partial charge in [-0.3, -0.25) is 0 Å². The topological polar surface area (TPSA) is 76.2 Å². The molecule has 0 saturated carbocycles. The standard InChI is InChI=1S/C13H15N3O3/c1-8(2)16-10-7-5-4-6-9(10)11(12(16)17)14-15-13(18)19-3/h4-8,17H,1-3H3. The van der Waals surface area contributed by atoms with Gasteiger partial charge in [-0.15, -0.1) is 5.11 Å². The second-order valence-electron chi connectivity index (χ2n) is 4.32. The molecule has 1 amide bonds. The van der Waals surface area contributed by atoms with E-state index in [4.69, 9.17) is 0 Å². The molecule has 1 aromatic heterocycles. The lowest BCUT2D eigenvalue weighted by molar-refractivity contribution is 0.181. The van der Waals surface area contributed by atoms with Crippen LogP contribution in [0, 0.1) is 0 Å². The van der Waals surface area contributed by atoms with Crippen molar-refractivity contribution >= 4 is 22.7 Å². The van der Waals surface area contributed by atoms with Crippen LogP contribution < -0.4 is 0 Å². The predicted octanol–water partition coefficient (Wildman–Crippen LogP) is 3.78. The van der Waals surface area contributed by atoms with Crippen molar-refractivity contribution in [1.82, 2.24) is 4.57 Å². The molecular formula is C13H15N3O3. The fourth-order valence-electron chi connectivity index (χ4n) is 1.99. The van der Waals surface area contributed by atoms with E-state index in [9.17, 15) is 9.90 Å². The van der Waals surface area contributed by atoms with Gasteiger partial charge in [-0.2, -0.15) is 0 Å². The van der Waals surface area contributed by atoms with Crippen LogP contribution in [0.3, 0.4) is 0 Å². The number of para-hydroxylation sites is 1. The fourth-order valence-corrected chi connectivity index (χ4v) is 1.99. The number of fused-ring (bicyclic) bond motifs is 1. The first kappa shape index (κ1) is 13.1. The monoisotopic (exact) mass is 261 g/mol. The van der Waals surface area contributed by atoms with E-state index in [1.807, 2.05) is 38.1 Å². The number of ether oxygens (including phenoxy) is 1. The first-order valence-corrected chi connectivity index (χ1v) is 5.87. The van der Waals surface area contributed by atoms with Crippen LogP contribution in [0.5, 0.6) is 5.88 Å². The van der Waals surface area contributed by atoms with E-state index < -0.39 is 6.09 Å². The van der Waals surface area contributed by atoms with Gasteiger partial charge >= 0.3 is 6.09 Å². The Morgan fingerprint density at radius 3 is 2.68 bits per heavy atom. The molecule has 100 valence electrons. The van der Waals surface area contributed by atoms with Gasteiger partial charge in [0.25, 0.3) is 0 Å². The van der Waals surface area contributed by atoms with Crippen LogP contribution in [0.2, 0.25) is 0 Å². The number of benzene rings is 1. The van der Waals surface area contributed by atoms with E-state index in [1.165, 1.54) is 7.11 Å². The molecule has 0 atom stereocenters. The number of rotatable bonds is 2. The second kappa shape index (κ2) is 5.09. The molecule has 0 bridgehead atoms. The number of carbonyl (C=O) groups is 1. The minimum Gasteiger partial charge on any atom is -0.493 e. The number of hydrogen-bond donors (Lipinski definition) is 1. The summed E-state index contributed by atoms with van der Waals surface area (Å²) in [6.45, 7) is 3.90. The summed E-state index contributed by atoms with van der Waals surface area (Å²) < 4.78 is 6.13. The van der Waals surface area contributed by atoms with Gasteiger partial charge in [0, 0.05) is 11.4 Å². The van der Waals surface area contributed by atoms with Gasteiger partial charge in [0.05, 0.1) is 12.6 Å². The van der Waals surface area contributed by atoms with Crippen LogP contribution in [0.4, 0.5) is 10.5 Å². The Bertz CT molecular complexity index is 644. The van der Waals surface area contributed by atoms with Crippen molar-refractivity contribution in [2.45, 2.75) is 19.9 Å². The number of aromatic nitrogens is 1. The van der Waals surface area contributed by atoms with E-state index in [0.717, 1.165) is 10.9 Å². The molecule has 1 heterocycles. The van der Waals surface area contributed by atoms with Crippen molar-refractivity contribution in [3.8, 4) is 5.88 Å². The Kier molecular flexibility index (Phi) is 3.50. The van der Waals surface area contributed by atoms with E-state index in [1.54, 1.807) is 4.57 Å². The summed E-state index contributed by atoms with van der Waals surface area (Å²) in [4.78, 5) is 11.0. The van der Waals surface area contributed by atoms with Gasteiger partial charge in [0.15, 0.2) is 5.69 Å². The Balaban J connectivity index is 2.64. The van der Waals surface area contributed by atoms with Gasteiger partial charge in [0.2, 0.25) is 5.88 Å².